The Morgan fingerprint density at radius 2 is 2.16 bits per heavy atom. The minimum Gasteiger partial charge on any atom is -0.329 e. The van der Waals surface area contributed by atoms with Gasteiger partial charge in [0.25, 0.3) is 5.91 Å². The first kappa shape index (κ1) is 18.1. The number of aryl methyl sites for hydroxylation is 2. The molecule has 0 bridgehead atoms. The molecule has 0 aliphatic carbocycles. The molecule has 0 aromatic carbocycles. The first-order valence-electron chi connectivity index (χ1n) is 8.42. The van der Waals surface area contributed by atoms with Gasteiger partial charge in [0, 0.05) is 24.8 Å². The smallest absolute Gasteiger partial charge is 0.266 e. The molecule has 1 amide bonds. The number of sulfone groups is 1. The van der Waals surface area contributed by atoms with Crippen LogP contribution in [0.5, 0.6) is 0 Å². The summed E-state index contributed by atoms with van der Waals surface area (Å²) in [6.07, 6.45) is 6.90. The van der Waals surface area contributed by atoms with Crippen molar-refractivity contribution in [2.45, 2.75) is 39.3 Å². The highest BCUT2D eigenvalue weighted by atomic mass is 32.2. The maximum absolute atomic E-state index is 13.0. The van der Waals surface area contributed by atoms with E-state index in [1.807, 2.05) is 13.1 Å². The van der Waals surface area contributed by atoms with E-state index in [0.717, 1.165) is 23.4 Å². The van der Waals surface area contributed by atoms with Crippen LogP contribution in [0.3, 0.4) is 0 Å². The second-order valence-electron chi connectivity index (χ2n) is 6.13. The van der Waals surface area contributed by atoms with Crippen molar-refractivity contribution in [3.63, 3.8) is 0 Å². The summed E-state index contributed by atoms with van der Waals surface area (Å²) in [6.45, 7) is 4.93. The van der Waals surface area contributed by atoms with Crippen molar-refractivity contribution in [2.24, 2.45) is 0 Å². The summed E-state index contributed by atoms with van der Waals surface area (Å²) in [6, 6.07) is -0.497. The van der Waals surface area contributed by atoms with Gasteiger partial charge < -0.3 is 4.90 Å². The van der Waals surface area contributed by atoms with Gasteiger partial charge in [-0.3, -0.25) is 9.48 Å². The van der Waals surface area contributed by atoms with Crippen molar-refractivity contribution in [1.29, 1.82) is 0 Å². The van der Waals surface area contributed by atoms with Gasteiger partial charge >= 0.3 is 0 Å². The van der Waals surface area contributed by atoms with Crippen LogP contribution in [0.15, 0.2) is 18.6 Å². The average molecular weight is 383 g/mol. The van der Waals surface area contributed by atoms with Crippen LogP contribution in [0.25, 0.3) is 0 Å². The lowest BCUT2D eigenvalue weighted by Gasteiger charge is -2.34. The molecular weight excluding hydrogens is 360 g/mol. The summed E-state index contributed by atoms with van der Waals surface area (Å²) in [7, 11) is -3.17. The maximum atomic E-state index is 13.0. The monoisotopic (exact) mass is 382 g/mol. The standard InChI is InChI=1S/C16H22N4O3S2/c1-3-5-15-17-9-14(24-15)16(21)20-6-7-25(22,23)11-13(20)12-8-18-19(4-2)10-12/h8-10,13H,3-7,11H2,1-2H3/t13-/m0/s1. The second kappa shape index (κ2) is 7.25. The Labute approximate surface area is 151 Å². The zero-order chi connectivity index (χ0) is 18.0. The molecule has 0 unspecified atom stereocenters. The van der Waals surface area contributed by atoms with Gasteiger partial charge in [-0.15, -0.1) is 11.3 Å². The number of amides is 1. The van der Waals surface area contributed by atoms with Crippen molar-refractivity contribution < 1.29 is 13.2 Å². The Kier molecular flexibility index (Phi) is 5.24. The summed E-state index contributed by atoms with van der Waals surface area (Å²) in [5.74, 6) is -0.212. The molecule has 1 saturated heterocycles. The van der Waals surface area contributed by atoms with Crippen molar-refractivity contribution in [1.82, 2.24) is 19.7 Å². The van der Waals surface area contributed by atoms with Crippen LogP contribution < -0.4 is 0 Å². The van der Waals surface area contributed by atoms with Crippen molar-refractivity contribution in [3.8, 4) is 0 Å². The summed E-state index contributed by atoms with van der Waals surface area (Å²) in [4.78, 5) is 19.5. The highest BCUT2D eigenvalue weighted by Gasteiger charge is 2.36. The molecule has 3 rings (SSSR count). The zero-order valence-electron chi connectivity index (χ0n) is 14.4. The normalized spacial score (nSPS) is 19.9. The van der Waals surface area contributed by atoms with Crippen LogP contribution in [-0.4, -0.2) is 52.0 Å². The molecule has 7 nitrogen and oxygen atoms in total. The van der Waals surface area contributed by atoms with E-state index >= 15 is 0 Å². The van der Waals surface area contributed by atoms with E-state index in [0.29, 0.717) is 11.4 Å². The predicted octanol–water partition coefficient (Wildman–Crippen LogP) is 1.92. The number of carbonyl (C=O) groups excluding carboxylic acids is 1. The van der Waals surface area contributed by atoms with E-state index in [1.165, 1.54) is 11.3 Å². The molecule has 2 aromatic heterocycles. The lowest BCUT2D eigenvalue weighted by Crippen LogP contribution is -2.45. The minimum atomic E-state index is -3.17. The number of aromatic nitrogens is 3. The van der Waals surface area contributed by atoms with Gasteiger partial charge in [-0.05, 0) is 19.8 Å². The van der Waals surface area contributed by atoms with Gasteiger partial charge in [-0.25, -0.2) is 13.4 Å². The molecular formula is C16H22N4O3S2. The zero-order valence-corrected chi connectivity index (χ0v) is 16.0. The van der Waals surface area contributed by atoms with Crippen LogP contribution in [0.4, 0.5) is 0 Å². The van der Waals surface area contributed by atoms with Crippen molar-refractivity contribution >= 4 is 27.1 Å². The molecule has 3 heterocycles. The Balaban J connectivity index is 1.89. The van der Waals surface area contributed by atoms with E-state index in [1.54, 1.807) is 22.0 Å². The van der Waals surface area contributed by atoms with Gasteiger partial charge in [0.15, 0.2) is 9.84 Å². The molecule has 1 aliphatic rings. The fourth-order valence-electron chi connectivity index (χ4n) is 2.93. The Morgan fingerprint density at radius 3 is 2.84 bits per heavy atom. The number of rotatable bonds is 5. The third-order valence-corrected chi connectivity index (χ3v) is 6.96. The largest absolute Gasteiger partial charge is 0.329 e. The van der Waals surface area contributed by atoms with Crippen LogP contribution in [-0.2, 0) is 22.8 Å². The Hall–Kier alpha value is -1.74. The second-order valence-corrected chi connectivity index (χ2v) is 9.47. The lowest BCUT2D eigenvalue weighted by molar-refractivity contribution is 0.0702. The topological polar surface area (TPSA) is 85.2 Å². The molecule has 25 heavy (non-hydrogen) atoms. The Bertz CT molecular complexity index is 856. The van der Waals surface area contributed by atoms with E-state index in [9.17, 15) is 13.2 Å². The number of hydrogen-bond donors (Lipinski definition) is 0. The van der Waals surface area contributed by atoms with Gasteiger partial charge in [0.2, 0.25) is 0 Å². The summed E-state index contributed by atoms with van der Waals surface area (Å²) >= 11 is 1.39. The highest BCUT2D eigenvalue weighted by molar-refractivity contribution is 7.91. The molecule has 136 valence electrons. The first-order chi connectivity index (χ1) is 11.9. The summed E-state index contributed by atoms with van der Waals surface area (Å²) in [5.41, 5.74) is 0.761. The molecule has 0 spiro atoms. The number of carbonyl (C=O) groups is 1. The van der Waals surface area contributed by atoms with E-state index in [2.05, 4.69) is 17.0 Å². The van der Waals surface area contributed by atoms with Crippen LogP contribution in [0.2, 0.25) is 0 Å². The first-order valence-corrected chi connectivity index (χ1v) is 11.1. The summed E-state index contributed by atoms with van der Waals surface area (Å²) in [5, 5.41) is 5.16. The van der Waals surface area contributed by atoms with Gasteiger partial charge in [0.05, 0.1) is 34.9 Å². The van der Waals surface area contributed by atoms with Crippen molar-refractivity contribution in [3.05, 3.63) is 34.0 Å². The SMILES string of the molecule is CCCc1ncc(C(=O)N2CCS(=O)(=O)C[C@H]2c2cnn(CC)c2)s1. The quantitative estimate of drug-likeness (QED) is 0.789. The van der Waals surface area contributed by atoms with Gasteiger partial charge in [-0.1, -0.05) is 6.92 Å². The summed E-state index contributed by atoms with van der Waals surface area (Å²) < 4.78 is 26.0. The van der Waals surface area contributed by atoms with Crippen LogP contribution in [0.1, 0.15) is 46.6 Å². The third-order valence-electron chi connectivity index (χ3n) is 4.28. The maximum Gasteiger partial charge on any atom is 0.266 e. The molecule has 0 N–H and O–H groups in total. The van der Waals surface area contributed by atoms with E-state index < -0.39 is 15.9 Å². The molecule has 0 saturated carbocycles. The molecule has 1 aliphatic heterocycles. The lowest BCUT2D eigenvalue weighted by atomic mass is 10.1. The average Bonchev–Trinajstić information content (AvgIpc) is 3.23. The Morgan fingerprint density at radius 1 is 1.36 bits per heavy atom. The molecule has 0 radical (unpaired) electrons. The number of thiazole rings is 1. The third kappa shape index (κ3) is 3.92. The van der Waals surface area contributed by atoms with E-state index in [4.69, 9.17) is 0 Å². The molecule has 9 heteroatoms. The van der Waals surface area contributed by atoms with Crippen LogP contribution in [0, 0.1) is 0 Å². The van der Waals surface area contributed by atoms with Crippen molar-refractivity contribution in [2.75, 3.05) is 18.1 Å². The highest BCUT2D eigenvalue weighted by Crippen LogP contribution is 2.29. The van der Waals surface area contributed by atoms with Gasteiger partial charge in [-0.2, -0.15) is 5.10 Å². The predicted molar refractivity (Wildman–Crippen MR) is 96.4 cm³/mol. The van der Waals surface area contributed by atoms with Crippen LogP contribution >= 0.6 is 11.3 Å². The minimum absolute atomic E-state index is 0.00221. The fourth-order valence-corrected chi connectivity index (χ4v) is 5.40. The molecule has 1 atom stereocenters. The number of nitrogens with zero attached hydrogens (tertiary/aromatic N) is 4. The van der Waals surface area contributed by atoms with E-state index in [-0.39, 0.29) is 24.0 Å². The number of hydrogen-bond acceptors (Lipinski definition) is 6. The fraction of sp³-hybridized carbons (Fsp3) is 0.562. The molecule has 2 aromatic rings. The molecule has 1 fully saturated rings. The van der Waals surface area contributed by atoms with Gasteiger partial charge in [0.1, 0.15) is 4.88 Å².